The lowest BCUT2D eigenvalue weighted by molar-refractivity contribution is -0.143. The highest BCUT2D eigenvalue weighted by molar-refractivity contribution is 5.97. The van der Waals surface area contributed by atoms with Crippen LogP contribution in [0.15, 0.2) is 0 Å². The first-order chi connectivity index (χ1) is 26.1. The third-order valence-corrected chi connectivity index (χ3v) is 8.61. The lowest BCUT2D eigenvalue weighted by Crippen LogP contribution is -2.61. The first-order valence-electron chi connectivity index (χ1n) is 18.2. The van der Waals surface area contributed by atoms with Gasteiger partial charge < -0.3 is 69.3 Å². The summed E-state index contributed by atoms with van der Waals surface area (Å²) in [6, 6.07) is -8.09. The molecule has 23 heteroatoms. The van der Waals surface area contributed by atoms with Gasteiger partial charge in [0.15, 0.2) is 5.96 Å². The number of rotatable bonds is 25. The number of hydrogen-bond acceptors (Lipinski definition) is 12. The Balaban J connectivity index is 3.11. The number of aliphatic carboxylic acids is 2. The topological polar surface area (TPSA) is 392 Å². The molecule has 7 atom stereocenters. The van der Waals surface area contributed by atoms with Crippen molar-refractivity contribution in [2.24, 2.45) is 23.1 Å². The summed E-state index contributed by atoms with van der Waals surface area (Å²) in [5.74, 6) is -8.91. The van der Waals surface area contributed by atoms with Crippen molar-refractivity contribution in [2.75, 3.05) is 19.6 Å². The van der Waals surface area contributed by atoms with Crippen LogP contribution in [0.2, 0.25) is 0 Å². The summed E-state index contributed by atoms with van der Waals surface area (Å²) in [6.45, 7) is 4.42. The minimum Gasteiger partial charge on any atom is -0.481 e. The van der Waals surface area contributed by atoms with Crippen molar-refractivity contribution < 1.29 is 58.5 Å². The molecule has 316 valence electrons. The van der Waals surface area contributed by atoms with Crippen LogP contribution in [0.5, 0.6) is 0 Å². The second-order valence-corrected chi connectivity index (χ2v) is 13.9. The first-order valence-corrected chi connectivity index (χ1v) is 18.2. The quantitative estimate of drug-likeness (QED) is 0.0234. The summed E-state index contributed by atoms with van der Waals surface area (Å²) in [5.41, 5.74) is 16.1. The van der Waals surface area contributed by atoms with E-state index in [1.54, 1.807) is 13.8 Å². The number of nitrogens with zero attached hydrogens (tertiary/aromatic N) is 1. The molecule has 0 aliphatic carbocycles. The van der Waals surface area contributed by atoms with E-state index in [-0.39, 0.29) is 76.3 Å². The van der Waals surface area contributed by atoms with Gasteiger partial charge in [0.2, 0.25) is 41.4 Å². The van der Waals surface area contributed by atoms with Gasteiger partial charge >= 0.3 is 11.9 Å². The zero-order valence-electron chi connectivity index (χ0n) is 31.8. The van der Waals surface area contributed by atoms with Gasteiger partial charge in [0.05, 0.1) is 18.7 Å². The van der Waals surface area contributed by atoms with E-state index in [0.29, 0.717) is 6.42 Å². The van der Waals surface area contributed by atoms with Crippen LogP contribution in [0, 0.1) is 11.3 Å². The fourth-order valence-corrected chi connectivity index (χ4v) is 5.65. The highest BCUT2D eigenvalue weighted by Crippen LogP contribution is 2.18. The molecule has 0 spiro atoms. The van der Waals surface area contributed by atoms with Gasteiger partial charge in [0.25, 0.3) is 0 Å². The number of nitrogens with two attached hydrogens (primary N) is 3. The number of carbonyl (C=O) groups excluding carboxylic acids is 7. The van der Waals surface area contributed by atoms with Gasteiger partial charge in [-0.15, -0.1) is 0 Å². The minimum absolute atomic E-state index is 0.0191. The second-order valence-electron chi connectivity index (χ2n) is 13.9. The molecule has 0 aromatic heterocycles. The molecule has 16 N–H and O–H groups in total. The number of guanidine groups is 1. The number of carboxylic acids is 2. The van der Waals surface area contributed by atoms with Crippen molar-refractivity contribution in [1.82, 2.24) is 36.8 Å². The number of amides is 7. The monoisotopic (exact) mass is 799 g/mol. The Morgan fingerprint density at radius 3 is 1.95 bits per heavy atom. The zero-order valence-corrected chi connectivity index (χ0v) is 31.8. The van der Waals surface area contributed by atoms with E-state index in [1.807, 2.05) is 0 Å². The SMILES string of the molecule is CC(C)C[C@H](NC(=O)[C@@H](NC(=O)[C@@H]1CCCN1C(=O)CNC(=O)[C@@H](N)CCC(=O)O)[C@@H](C)O)C(=O)N[C@@H](CCCNC(=N)N)C(=O)N[C@@H](CCC(N)=O)C(=O)O. The molecule has 1 aliphatic heterocycles. The predicted molar refractivity (Wildman–Crippen MR) is 197 cm³/mol. The molecule has 7 amide bonds. The van der Waals surface area contributed by atoms with Gasteiger partial charge in [-0.1, -0.05) is 13.8 Å². The van der Waals surface area contributed by atoms with Crippen LogP contribution in [-0.2, 0) is 43.2 Å². The summed E-state index contributed by atoms with van der Waals surface area (Å²) in [5, 5.41) is 50.8. The Hall–Kier alpha value is -5.58. The third-order valence-electron chi connectivity index (χ3n) is 8.61. The van der Waals surface area contributed by atoms with Crippen molar-refractivity contribution in [3.8, 4) is 0 Å². The van der Waals surface area contributed by atoms with Gasteiger partial charge in [0, 0.05) is 25.9 Å². The number of hydrogen-bond donors (Lipinski definition) is 13. The van der Waals surface area contributed by atoms with Crippen LogP contribution < -0.4 is 49.1 Å². The molecular weight excluding hydrogens is 742 g/mol. The van der Waals surface area contributed by atoms with Gasteiger partial charge in [-0.05, 0) is 57.8 Å². The summed E-state index contributed by atoms with van der Waals surface area (Å²) in [7, 11) is 0. The summed E-state index contributed by atoms with van der Waals surface area (Å²) < 4.78 is 0. The molecule has 1 aliphatic rings. The highest BCUT2D eigenvalue weighted by atomic mass is 16.4. The molecule has 0 unspecified atom stereocenters. The number of aliphatic hydroxyl groups is 1. The van der Waals surface area contributed by atoms with E-state index in [2.05, 4.69) is 31.9 Å². The van der Waals surface area contributed by atoms with Gasteiger partial charge in [-0.2, -0.15) is 0 Å². The molecule has 0 aromatic rings. The maximum absolute atomic E-state index is 13.7. The number of likely N-dealkylation sites (tertiary alicyclic amines) is 1. The molecule has 0 aromatic carbocycles. The lowest BCUT2D eigenvalue weighted by atomic mass is 10.0. The van der Waals surface area contributed by atoms with Crippen molar-refractivity contribution in [2.45, 2.75) is 121 Å². The van der Waals surface area contributed by atoms with Crippen LogP contribution in [0.3, 0.4) is 0 Å². The molecule has 1 rings (SSSR count). The smallest absolute Gasteiger partial charge is 0.326 e. The highest BCUT2D eigenvalue weighted by Gasteiger charge is 2.38. The fraction of sp³-hybridized carbons (Fsp3) is 0.697. The molecule has 1 saturated heterocycles. The largest absolute Gasteiger partial charge is 0.481 e. The molecule has 0 saturated carbocycles. The van der Waals surface area contributed by atoms with E-state index < -0.39 is 102 Å². The third kappa shape index (κ3) is 17.7. The van der Waals surface area contributed by atoms with E-state index in [1.165, 1.54) is 11.8 Å². The van der Waals surface area contributed by atoms with Crippen molar-refractivity contribution in [1.29, 1.82) is 5.41 Å². The van der Waals surface area contributed by atoms with E-state index in [4.69, 9.17) is 27.7 Å². The molecule has 1 heterocycles. The molecule has 56 heavy (non-hydrogen) atoms. The van der Waals surface area contributed by atoms with Crippen LogP contribution in [-0.4, -0.2) is 141 Å². The average Bonchev–Trinajstić information content (AvgIpc) is 3.60. The number of carboxylic acid groups (broad SMARTS) is 2. The van der Waals surface area contributed by atoms with Gasteiger partial charge in [-0.3, -0.25) is 43.8 Å². The normalized spacial score (nSPS) is 16.9. The Labute approximate surface area is 323 Å². The number of primary amides is 1. The van der Waals surface area contributed by atoms with Gasteiger partial charge in [-0.25, -0.2) is 4.79 Å². The second kappa shape index (κ2) is 24.0. The maximum atomic E-state index is 13.7. The standard InChI is InChI=1S/C33H57N11O12/c1-16(2)14-21(29(52)40-19(6-4-12-38-33(36)37)28(51)41-20(32(55)56)9-10-23(35)46)42-31(54)26(17(3)45)43-30(53)22-7-5-13-44(22)24(47)15-39-27(50)18(34)8-11-25(48)49/h16-22,26,45H,4-15,34H2,1-3H3,(H2,35,46)(H,39,50)(H,40,52)(H,41,51)(H,42,54)(H,43,53)(H,48,49)(H,55,56)(H4,36,37,38)/t17-,18+,19+,20+,21+,22+,26+/m1/s1. The summed E-state index contributed by atoms with van der Waals surface area (Å²) in [6.07, 6.45) is -1.99. The summed E-state index contributed by atoms with van der Waals surface area (Å²) in [4.78, 5) is 114. The maximum Gasteiger partial charge on any atom is 0.326 e. The summed E-state index contributed by atoms with van der Waals surface area (Å²) >= 11 is 0. The Morgan fingerprint density at radius 1 is 0.786 bits per heavy atom. The van der Waals surface area contributed by atoms with E-state index >= 15 is 0 Å². The van der Waals surface area contributed by atoms with Crippen LogP contribution in [0.4, 0.5) is 0 Å². The minimum atomic E-state index is -1.62. The average molecular weight is 800 g/mol. The fourth-order valence-electron chi connectivity index (χ4n) is 5.65. The molecule has 23 nitrogen and oxygen atoms in total. The number of nitrogens with one attached hydrogen (secondary N) is 7. The Bertz CT molecular complexity index is 1440. The first kappa shape index (κ1) is 48.4. The molecule has 0 radical (unpaired) electrons. The van der Waals surface area contributed by atoms with E-state index in [0.717, 1.165) is 0 Å². The number of carbonyl (C=O) groups is 9. The van der Waals surface area contributed by atoms with Gasteiger partial charge in [0.1, 0.15) is 30.2 Å². The van der Waals surface area contributed by atoms with Crippen molar-refractivity contribution in [3.05, 3.63) is 0 Å². The molecular formula is C33H57N11O12. The molecule has 0 bridgehead atoms. The molecule has 1 fully saturated rings. The lowest BCUT2D eigenvalue weighted by Gasteiger charge is -2.29. The Morgan fingerprint density at radius 2 is 1.39 bits per heavy atom. The van der Waals surface area contributed by atoms with Crippen LogP contribution >= 0.6 is 0 Å². The predicted octanol–water partition coefficient (Wildman–Crippen LogP) is -4.73. The van der Waals surface area contributed by atoms with Crippen molar-refractivity contribution in [3.63, 3.8) is 0 Å². The Kier molecular flexibility index (Phi) is 20.8. The number of aliphatic hydroxyl groups excluding tert-OH is 1. The van der Waals surface area contributed by atoms with Crippen LogP contribution in [0.1, 0.15) is 78.6 Å². The zero-order chi connectivity index (χ0) is 42.7. The van der Waals surface area contributed by atoms with E-state index in [9.17, 15) is 53.4 Å². The van der Waals surface area contributed by atoms with Crippen LogP contribution in [0.25, 0.3) is 0 Å². The van der Waals surface area contributed by atoms with Crippen molar-refractivity contribution >= 4 is 59.2 Å².